The Morgan fingerprint density at radius 3 is 2.47 bits per heavy atom. The van der Waals surface area contributed by atoms with E-state index in [2.05, 4.69) is 33.6 Å². The van der Waals surface area contributed by atoms with Crippen LogP contribution in [0.3, 0.4) is 0 Å². The molecule has 3 aliphatic rings. The summed E-state index contributed by atoms with van der Waals surface area (Å²) in [6.45, 7) is 7.88. The quantitative estimate of drug-likeness (QED) is 0.797. The van der Waals surface area contributed by atoms with Gasteiger partial charge in [0, 0.05) is 42.5 Å². The first-order valence-corrected chi connectivity index (χ1v) is 10.1. The molecule has 162 valence electrons. The van der Waals surface area contributed by atoms with Crippen LogP contribution in [0.15, 0.2) is 18.3 Å². The van der Waals surface area contributed by atoms with Crippen molar-refractivity contribution < 1.29 is 22.6 Å². The SMILES string of the molecule is CC(C)n1nc(-c2cnc(N)c(OC(F)(F)F)c2)cc1[C@@H]1[C@@H]2CN(C3COC3)C[C@@H]21. The Morgan fingerprint density at radius 1 is 1.20 bits per heavy atom. The Morgan fingerprint density at radius 2 is 1.90 bits per heavy atom. The van der Waals surface area contributed by atoms with Crippen molar-refractivity contribution >= 4 is 5.82 Å². The number of alkyl halides is 3. The van der Waals surface area contributed by atoms with Crippen molar-refractivity contribution in [2.24, 2.45) is 11.8 Å². The normalized spacial score (nSPS) is 26.7. The van der Waals surface area contributed by atoms with Gasteiger partial charge in [0.25, 0.3) is 0 Å². The van der Waals surface area contributed by atoms with E-state index in [1.54, 1.807) is 0 Å². The number of hydrogen-bond donors (Lipinski definition) is 1. The zero-order valence-corrected chi connectivity index (χ0v) is 16.8. The number of rotatable bonds is 5. The number of nitrogens with zero attached hydrogens (tertiary/aromatic N) is 4. The first-order valence-electron chi connectivity index (χ1n) is 10.1. The van der Waals surface area contributed by atoms with Crippen LogP contribution in [0.2, 0.25) is 0 Å². The van der Waals surface area contributed by atoms with E-state index >= 15 is 0 Å². The first-order chi connectivity index (χ1) is 14.2. The number of pyridine rings is 1. The second kappa shape index (κ2) is 6.84. The number of aromatic nitrogens is 3. The minimum absolute atomic E-state index is 0.138. The molecule has 7 nitrogen and oxygen atoms in total. The molecule has 2 aromatic rings. The van der Waals surface area contributed by atoms with E-state index < -0.39 is 12.1 Å². The molecular weight excluding hydrogens is 399 g/mol. The molecule has 0 bridgehead atoms. The molecule has 1 saturated carbocycles. The van der Waals surface area contributed by atoms with Crippen LogP contribution < -0.4 is 10.5 Å². The molecule has 4 heterocycles. The topological polar surface area (TPSA) is 78.4 Å². The highest BCUT2D eigenvalue weighted by atomic mass is 19.4. The van der Waals surface area contributed by atoms with Crippen molar-refractivity contribution in [2.45, 2.75) is 38.2 Å². The van der Waals surface area contributed by atoms with Crippen LogP contribution in [0.1, 0.15) is 31.5 Å². The van der Waals surface area contributed by atoms with Crippen LogP contribution in [-0.4, -0.2) is 58.4 Å². The highest BCUT2D eigenvalue weighted by Crippen LogP contribution is 2.59. The van der Waals surface area contributed by atoms with Gasteiger partial charge in [-0.15, -0.1) is 13.2 Å². The average Bonchev–Trinajstić information content (AvgIpc) is 2.97. The molecule has 2 saturated heterocycles. The fourth-order valence-corrected chi connectivity index (χ4v) is 4.74. The summed E-state index contributed by atoms with van der Waals surface area (Å²) in [6.07, 6.45) is -3.40. The molecule has 10 heteroatoms. The minimum Gasteiger partial charge on any atom is -0.402 e. The van der Waals surface area contributed by atoms with Gasteiger partial charge in [0.05, 0.1) is 24.9 Å². The van der Waals surface area contributed by atoms with Gasteiger partial charge in [0.1, 0.15) is 0 Å². The maximum Gasteiger partial charge on any atom is 0.573 e. The summed E-state index contributed by atoms with van der Waals surface area (Å²) in [5, 5.41) is 4.68. The molecule has 3 atom stereocenters. The van der Waals surface area contributed by atoms with E-state index in [-0.39, 0.29) is 11.9 Å². The molecule has 0 spiro atoms. The Balaban J connectivity index is 1.40. The molecule has 2 aliphatic heterocycles. The van der Waals surface area contributed by atoms with Crippen LogP contribution in [0.25, 0.3) is 11.3 Å². The molecule has 0 unspecified atom stereocenters. The molecule has 3 fully saturated rings. The number of piperidine rings is 1. The van der Waals surface area contributed by atoms with Crippen LogP contribution in [0, 0.1) is 11.8 Å². The predicted octanol–water partition coefficient (Wildman–Crippen LogP) is 3.05. The van der Waals surface area contributed by atoms with Gasteiger partial charge in [-0.25, -0.2) is 4.98 Å². The third kappa shape index (κ3) is 3.41. The second-order valence-electron chi connectivity index (χ2n) is 8.65. The summed E-state index contributed by atoms with van der Waals surface area (Å²) in [7, 11) is 0. The number of nitrogen functional groups attached to an aromatic ring is 1. The van der Waals surface area contributed by atoms with Gasteiger partial charge in [-0.05, 0) is 37.8 Å². The fraction of sp³-hybridized carbons (Fsp3) is 0.600. The largest absolute Gasteiger partial charge is 0.573 e. The molecule has 5 rings (SSSR count). The van der Waals surface area contributed by atoms with E-state index in [1.807, 2.05) is 10.7 Å². The molecule has 0 radical (unpaired) electrons. The molecule has 30 heavy (non-hydrogen) atoms. The number of anilines is 1. The van der Waals surface area contributed by atoms with Gasteiger partial charge in [-0.1, -0.05) is 0 Å². The summed E-state index contributed by atoms with van der Waals surface area (Å²) < 4.78 is 49.3. The molecular formula is C20H24F3N5O2. The Hall–Kier alpha value is -2.33. The molecule has 2 aromatic heterocycles. The van der Waals surface area contributed by atoms with Crippen molar-refractivity contribution in [3.05, 3.63) is 24.0 Å². The third-order valence-electron chi connectivity index (χ3n) is 6.36. The second-order valence-corrected chi connectivity index (χ2v) is 8.65. The van der Waals surface area contributed by atoms with E-state index in [4.69, 9.17) is 10.5 Å². The number of ether oxygens (including phenoxy) is 2. The van der Waals surface area contributed by atoms with Crippen LogP contribution in [0.5, 0.6) is 5.75 Å². The third-order valence-corrected chi connectivity index (χ3v) is 6.36. The van der Waals surface area contributed by atoms with Crippen molar-refractivity contribution in [1.82, 2.24) is 19.7 Å². The maximum atomic E-state index is 12.7. The predicted molar refractivity (Wildman–Crippen MR) is 103 cm³/mol. The Bertz CT molecular complexity index is 944. The summed E-state index contributed by atoms with van der Waals surface area (Å²) in [5.41, 5.74) is 7.71. The standard InChI is InChI=1S/C20H24F3N5O2/c1-10(2)28-16(18-13-6-27(7-14(13)18)12-8-29-9-12)4-15(26-28)11-3-17(19(24)25-5-11)30-20(21,22)23/h3-5,10,12-14,18H,6-9H2,1-2H3,(H2,24,25)/t13-,14+,18-. The summed E-state index contributed by atoms with van der Waals surface area (Å²) >= 11 is 0. The highest BCUT2D eigenvalue weighted by Gasteiger charge is 2.58. The highest BCUT2D eigenvalue weighted by molar-refractivity contribution is 5.64. The molecule has 0 amide bonds. The Kier molecular flexibility index (Phi) is 4.48. The van der Waals surface area contributed by atoms with Crippen molar-refractivity contribution in [3.63, 3.8) is 0 Å². The smallest absolute Gasteiger partial charge is 0.402 e. The molecule has 2 N–H and O–H groups in total. The van der Waals surface area contributed by atoms with Gasteiger partial charge in [-0.2, -0.15) is 5.10 Å². The first kappa shape index (κ1) is 19.6. The molecule has 1 aliphatic carbocycles. The van der Waals surface area contributed by atoms with Crippen LogP contribution in [0.4, 0.5) is 19.0 Å². The monoisotopic (exact) mass is 423 g/mol. The lowest BCUT2D eigenvalue weighted by Crippen LogP contribution is -2.48. The van der Waals surface area contributed by atoms with Crippen molar-refractivity contribution in [2.75, 3.05) is 32.0 Å². The van der Waals surface area contributed by atoms with Crippen LogP contribution in [-0.2, 0) is 4.74 Å². The van der Waals surface area contributed by atoms with E-state index in [0.717, 1.165) is 32.0 Å². The number of hydrogen-bond acceptors (Lipinski definition) is 6. The van der Waals surface area contributed by atoms with E-state index in [9.17, 15) is 13.2 Å². The summed E-state index contributed by atoms with van der Waals surface area (Å²) in [4.78, 5) is 6.38. The van der Waals surface area contributed by atoms with E-state index in [0.29, 0.717) is 35.1 Å². The van der Waals surface area contributed by atoms with Gasteiger partial charge in [0.15, 0.2) is 11.6 Å². The lowest BCUT2D eigenvalue weighted by molar-refractivity contribution is -0.274. The maximum absolute atomic E-state index is 12.7. The van der Waals surface area contributed by atoms with Gasteiger partial charge < -0.3 is 15.2 Å². The fourth-order valence-electron chi connectivity index (χ4n) is 4.74. The lowest BCUT2D eigenvalue weighted by atomic mass is 10.1. The molecule has 0 aromatic carbocycles. The number of nitrogens with two attached hydrogens (primary N) is 1. The number of halogens is 3. The summed E-state index contributed by atoms with van der Waals surface area (Å²) in [6, 6.07) is 3.92. The van der Waals surface area contributed by atoms with Crippen LogP contribution >= 0.6 is 0 Å². The zero-order chi connectivity index (χ0) is 21.2. The Labute approximate surface area is 172 Å². The van der Waals surface area contributed by atoms with Gasteiger partial charge in [0.2, 0.25) is 0 Å². The van der Waals surface area contributed by atoms with Crippen molar-refractivity contribution in [1.29, 1.82) is 0 Å². The minimum atomic E-state index is -4.83. The summed E-state index contributed by atoms with van der Waals surface area (Å²) in [5.74, 6) is 0.805. The number of fused-ring (bicyclic) bond motifs is 1. The van der Waals surface area contributed by atoms with Crippen molar-refractivity contribution in [3.8, 4) is 17.0 Å². The average molecular weight is 423 g/mol. The van der Waals surface area contributed by atoms with Gasteiger partial charge >= 0.3 is 6.36 Å². The lowest BCUT2D eigenvalue weighted by Gasteiger charge is -2.35. The van der Waals surface area contributed by atoms with Gasteiger partial charge in [-0.3, -0.25) is 9.58 Å². The number of likely N-dealkylation sites (tertiary alicyclic amines) is 1. The zero-order valence-electron chi connectivity index (χ0n) is 16.8. The van der Waals surface area contributed by atoms with E-state index in [1.165, 1.54) is 12.3 Å².